The molecule has 94 valence electrons. The van der Waals surface area contributed by atoms with Crippen LogP contribution in [-0.2, 0) is 13.6 Å². The quantitative estimate of drug-likeness (QED) is 0.853. The van der Waals surface area contributed by atoms with Crippen LogP contribution in [0.2, 0.25) is 0 Å². The van der Waals surface area contributed by atoms with Gasteiger partial charge < -0.3 is 11.1 Å². The number of hydrogen-bond acceptors (Lipinski definition) is 3. The van der Waals surface area contributed by atoms with E-state index in [0.717, 1.165) is 11.1 Å². The van der Waals surface area contributed by atoms with Crippen LogP contribution in [0.25, 0.3) is 0 Å². The van der Waals surface area contributed by atoms with Crippen molar-refractivity contribution in [2.24, 2.45) is 7.05 Å². The highest BCUT2D eigenvalue weighted by atomic mass is 16.1. The molecule has 0 aliphatic rings. The molecular weight excluding hydrogens is 228 g/mol. The first-order valence-corrected chi connectivity index (χ1v) is 5.69. The molecule has 0 unspecified atom stereocenters. The summed E-state index contributed by atoms with van der Waals surface area (Å²) in [6.07, 6.45) is 1.66. The van der Waals surface area contributed by atoms with Crippen LogP contribution < -0.4 is 11.1 Å². The molecule has 18 heavy (non-hydrogen) atoms. The van der Waals surface area contributed by atoms with Crippen LogP contribution in [0.3, 0.4) is 0 Å². The molecule has 3 N–H and O–H groups in total. The van der Waals surface area contributed by atoms with Crippen molar-refractivity contribution in [2.45, 2.75) is 13.5 Å². The number of anilines is 1. The van der Waals surface area contributed by atoms with Gasteiger partial charge in [-0.2, -0.15) is 5.10 Å². The Morgan fingerprint density at radius 2 is 2.17 bits per heavy atom. The van der Waals surface area contributed by atoms with Gasteiger partial charge in [0, 0.05) is 24.7 Å². The summed E-state index contributed by atoms with van der Waals surface area (Å²) >= 11 is 0. The zero-order chi connectivity index (χ0) is 13.1. The van der Waals surface area contributed by atoms with Gasteiger partial charge in [-0.3, -0.25) is 9.48 Å². The predicted molar refractivity (Wildman–Crippen MR) is 70.0 cm³/mol. The molecule has 1 aromatic heterocycles. The summed E-state index contributed by atoms with van der Waals surface area (Å²) in [6, 6.07) is 7.47. The summed E-state index contributed by atoms with van der Waals surface area (Å²) in [5.74, 6) is 0.469. The Morgan fingerprint density at radius 1 is 1.44 bits per heavy atom. The van der Waals surface area contributed by atoms with E-state index in [2.05, 4.69) is 10.4 Å². The average Bonchev–Trinajstić information content (AvgIpc) is 2.68. The van der Waals surface area contributed by atoms with E-state index in [-0.39, 0.29) is 5.91 Å². The van der Waals surface area contributed by atoms with Gasteiger partial charge in [0.05, 0.1) is 6.20 Å². The Balaban J connectivity index is 2.05. The molecule has 0 fully saturated rings. The number of carbonyl (C=O) groups is 1. The van der Waals surface area contributed by atoms with Crippen LogP contribution in [0, 0.1) is 6.92 Å². The summed E-state index contributed by atoms with van der Waals surface area (Å²) in [4.78, 5) is 12.0. The molecule has 1 heterocycles. The second-order valence-corrected chi connectivity index (χ2v) is 4.18. The second kappa shape index (κ2) is 4.91. The molecule has 5 heteroatoms. The van der Waals surface area contributed by atoms with Gasteiger partial charge in [0.1, 0.15) is 5.82 Å². The molecule has 0 aliphatic heterocycles. The van der Waals surface area contributed by atoms with Gasteiger partial charge in [-0.05, 0) is 18.6 Å². The van der Waals surface area contributed by atoms with E-state index < -0.39 is 0 Å². The van der Waals surface area contributed by atoms with E-state index in [1.165, 1.54) is 0 Å². The van der Waals surface area contributed by atoms with E-state index in [1.54, 1.807) is 24.0 Å². The third-order valence-corrected chi connectivity index (χ3v) is 2.89. The monoisotopic (exact) mass is 244 g/mol. The van der Waals surface area contributed by atoms with Crippen molar-refractivity contribution in [3.63, 3.8) is 0 Å². The summed E-state index contributed by atoms with van der Waals surface area (Å²) < 4.78 is 1.58. The molecule has 1 amide bonds. The standard InChI is InChI=1S/C13H16N4O/c1-9-5-3-4-6-11(9)13(18)15-7-10-8-16-17(2)12(10)14/h3-6,8H,7,14H2,1-2H3,(H,15,18). The molecular formula is C13H16N4O. The number of nitrogens with zero attached hydrogens (tertiary/aromatic N) is 2. The van der Waals surface area contributed by atoms with Crippen molar-refractivity contribution in [3.8, 4) is 0 Å². The van der Waals surface area contributed by atoms with Crippen molar-refractivity contribution < 1.29 is 4.79 Å². The van der Waals surface area contributed by atoms with Crippen LogP contribution in [0.4, 0.5) is 5.82 Å². The summed E-state index contributed by atoms with van der Waals surface area (Å²) in [7, 11) is 1.77. The summed E-state index contributed by atoms with van der Waals surface area (Å²) in [5, 5.41) is 6.86. The summed E-state index contributed by atoms with van der Waals surface area (Å²) in [5.41, 5.74) is 8.26. The highest BCUT2D eigenvalue weighted by Gasteiger charge is 2.10. The topological polar surface area (TPSA) is 72.9 Å². The van der Waals surface area contributed by atoms with Gasteiger partial charge in [0.25, 0.3) is 5.91 Å². The lowest BCUT2D eigenvalue weighted by Crippen LogP contribution is -2.23. The Hall–Kier alpha value is -2.30. The fourth-order valence-electron chi connectivity index (χ4n) is 1.73. The first-order valence-electron chi connectivity index (χ1n) is 5.69. The van der Waals surface area contributed by atoms with Crippen LogP contribution in [0.5, 0.6) is 0 Å². The number of amides is 1. The van der Waals surface area contributed by atoms with Gasteiger partial charge in [0.15, 0.2) is 0 Å². The van der Waals surface area contributed by atoms with Crippen LogP contribution in [0.1, 0.15) is 21.5 Å². The van der Waals surface area contributed by atoms with E-state index >= 15 is 0 Å². The third kappa shape index (κ3) is 2.34. The van der Waals surface area contributed by atoms with E-state index in [4.69, 9.17) is 5.73 Å². The fraction of sp³-hybridized carbons (Fsp3) is 0.231. The normalized spacial score (nSPS) is 10.3. The Morgan fingerprint density at radius 3 is 2.78 bits per heavy atom. The fourth-order valence-corrected chi connectivity index (χ4v) is 1.73. The van der Waals surface area contributed by atoms with Crippen LogP contribution in [0.15, 0.2) is 30.5 Å². The molecule has 2 rings (SSSR count). The molecule has 5 nitrogen and oxygen atoms in total. The number of nitrogens with two attached hydrogens (primary N) is 1. The maximum Gasteiger partial charge on any atom is 0.251 e. The highest BCUT2D eigenvalue weighted by molar-refractivity contribution is 5.95. The van der Waals surface area contributed by atoms with Crippen molar-refractivity contribution in [1.82, 2.24) is 15.1 Å². The largest absolute Gasteiger partial charge is 0.384 e. The number of nitrogen functional groups attached to an aromatic ring is 1. The number of carbonyl (C=O) groups excluding carboxylic acids is 1. The Kier molecular flexibility index (Phi) is 3.32. The average molecular weight is 244 g/mol. The first kappa shape index (κ1) is 12.2. The number of hydrogen-bond donors (Lipinski definition) is 2. The smallest absolute Gasteiger partial charge is 0.251 e. The minimum Gasteiger partial charge on any atom is -0.384 e. The molecule has 0 radical (unpaired) electrons. The lowest BCUT2D eigenvalue weighted by Gasteiger charge is -2.07. The number of benzene rings is 1. The molecule has 0 spiro atoms. The minimum absolute atomic E-state index is 0.101. The molecule has 0 saturated carbocycles. The number of aryl methyl sites for hydroxylation is 2. The van der Waals surface area contributed by atoms with Crippen molar-refractivity contribution >= 4 is 11.7 Å². The molecule has 1 aromatic carbocycles. The molecule has 0 saturated heterocycles. The van der Waals surface area contributed by atoms with Gasteiger partial charge in [-0.15, -0.1) is 0 Å². The van der Waals surface area contributed by atoms with Crippen molar-refractivity contribution in [2.75, 3.05) is 5.73 Å². The Labute approximate surface area is 106 Å². The zero-order valence-electron chi connectivity index (χ0n) is 10.5. The van der Waals surface area contributed by atoms with Gasteiger partial charge in [-0.1, -0.05) is 18.2 Å². The SMILES string of the molecule is Cc1ccccc1C(=O)NCc1cnn(C)c1N. The van der Waals surface area contributed by atoms with E-state index in [1.807, 2.05) is 25.1 Å². The highest BCUT2D eigenvalue weighted by Crippen LogP contribution is 2.10. The van der Waals surface area contributed by atoms with Gasteiger partial charge in [-0.25, -0.2) is 0 Å². The molecule has 0 aliphatic carbocycles. The molecule has 0 atom stereocenters. The predicted octanol–water partition coefficient (Wildman–Crippen LogP) is 1.24. The van der Waals surface area contributed by atoms with Crippen molar-refractivity contribution in [3.05, 3.63) is 47.2 Å². The minimum atomic E-state index is -0.101. The maximum atomic E-state index is 12.0. The van der Waals surface area contributed by atoms with Crippen LogP contribution in [-0.4, -0.2) is 15.7 Å². The van der Waals surface area contributed by atoms with Gasteiger partial charge in [0.2, 0.25) is 0 Å². The molecule has 0 bridgehead atoms. The van der Waals surface area contributed by atoms with E-state index in [9.17, 15) is 4.79 Å². The molecule has 2 aromatic rings. The maximum absolute atomic E-state index is 12.0. The lowest BCUT2D eigenvalue weighted by molar-refractivity contribution is 0.0950. The zero-order valence-corrected chi connectivity index (χ0v) is 10.5. The number of aromatic nitrogens is 2. The van der Waals surface area contributed by atoms with Gasteiger partial charge >= 0.3 is 0 Å². The van der Waals surface area contributed by atoms with E-state index in [0.29, 0.717) is 17.9 Å². The summed E-state index contributed by atoms with van der Waals surface area (Å²) in [6.45, 7) is 2.29. The van der Waals surface area contributed by atoms with Crippen LogP contribution >= 0.6 is 0 Å². The second-order valence-electron chi connectivity index (χ2n) is 4.18. The first-order chi connectivity index (χ1) is 8.59. The van der Waals surface area contributed by atoms with Crippen molar-refractivity contribution in [1.29, 1.82) is 0 Å². The third-order valence-electron chi connectivity index (χ3n) is 2.89. The number of rotatable bonds is 3. The Bertz CT molecular complexity index is 574. The lowest BCUT2D eigenvalue weighted by atomic mass is 10.1. The number of nitrogens with one attached hydrogen (secondary N) is 1.